The lowest BCUT2D eigenvalue weighted by Gasteiger charge is -2.10. The van der Waals surface area contributed by atoms with Gasteiger partial charge < -0.3 is 5.11 Å². The second-order valence-corrected chi connectivity index (χ2v) is 3.66. The van der Waals surface area contributed by atoms with Gasteiger partial charge in [0.2, 0.25) is 0 Å². The lowest BCUT2D eigenvalue weighted by Crippen LogP contribution is -1.95. The zero-order chi connectivity index (χ0) is 10.7. The molecule has 0 radical (unpaired) electrons. The summed E-state index contributed by atoms with van der Waals surface area (Å²) in [7, 11) is 0. The first-order valence-corrected chi connectivity index (χ1v) is 4.86. The molecule has 1 rings (SSSR count). The van der Waals surface area contributed by atoms with E-state index >= 15 is 0 Å². The van der Waals surface area contributed by atoms with Gasteiger partial charge in [-0.25, -0.2) is 0 Å². The highest BCUT2D eigenvalue weighted by Gasteiger charge is 2.14. The number of aryl methyl sites for hydroxylation is 1. The van der Waals surface area contributed by atoms with E-state index in [1.165, 1.54) is 0 Å². The Morgan fingerprint density at radius 1 is 1.57 bits per heavy atom. The van der Waals surface area contributed by atoms with Crippen LogP contribution >= 0.6 is 11.6 Å². The first-order chi connectivity index (χ1) is 6.60. The van der Waals surface area contributed by atoms with Crippen LogP contribution in [0.4, 0.5) is 0 Å². The molecule has 1 aromatic carbocycles. The molecule has 0 spiro atoms. The highest BCUT2D eigenvalue weighted by molar-refractivity contribution is 6.31. The fourth-order valence-electron chi connectivity index (χ4n) is 1.34. The number of nitrogens with zero attached hydrogens (tertiary/aromatic N) is 1. The van der Waals surface area contributed by atoms with Gasteiger partial charge in [-0.1, -0.05) is 18.5 Å². The van der Waals surface area contributed by atoms with Gasteiger partial charge in [-0.3, -0.25) is 0 Å². The van der Waals surface area contributed by atoms with Crippen molar-refractivity contribution in [3.05, 3.63) is 28.3 Å². The molecule has 1 unspecified atom stereocenters. The van der Waals surface area contributed by atoms with Gasteiger partial charge in [0.15, 0.2) is 0 Å². The van der Waals surface area contributed by atoms with Crippen molar-refractivity contribution in [2.24, 2.45) is 0 Å². The molecule has 0 aliphatic carbocycles. The summed E-state index contributed by atoms with van der Waals surface area (Å²) < 4.78 is 0. The number of hydrogen-bond acceptors (Lipinski definition) is 2. The van der Waals surface area contributed by atoms with E-state index in [-0.39, 0.29) is 11.7 Å². The van der Waals surface area contributed by atoms with E-state index in [1.807, 2.05) is 13.8 Å². The fraction of sp³-hybridized carbons (Fsp3) is 0.364. The summed E-state index contributed by atoms with van der Waals surface area (Å²) >= 11 is 5.92. The largest absolute Gasteiger partial charge is 0.508 e. The molecule has 74 valence electrons. The molecule has 0 saturated heterocycles. The normalized spacial score (nSPS) is 12.1. The third kappa shape index (κ3) is 2.00. The summed E-state index contributed by atoms with van der Waals surface area (Å²) in [6, 6.07) is 5.40. The molecule has 0 aliphatic heterocycles. The number of rotatable bonds is 2. The molecule has 0 aliphatic rings. The Morgan fingerprint density at radius 2 is 2.21 bits per heavy atom. The Balaban J connectivity index is 3.22. The number of benzene rings is 1. The quantitative estimate of drug-likeness (QED) is 0.812. The van der Waals surface area contributed by atoms with Crippen LogP contribution in [0, 0.1) is 18.3 Å². The molecule has 1 atom stereocenters. The summed E-state index contributed by atoms with van der Waals surface area (Å²) in [4.78, 5) is 0. The standard InChI is InChI=1S/C11H12ClNO/c1-3-8(6-13)9-5-10(12)7(2)4-11(9)14/h4-5,8,14H,3H2,1-2H3. The molecule has 2 nitrogen and oxygen atoms in total. The number of phenols is 1. The third-order valence-corrected chi connectivity index (χ3v) is 2.65. The molecule has 0 heterocycles. The van der Waals surface area contributed by atoms with Crippen molar-refractivity contribution in [1.82, 2.24) is 0 Å². The Labute approximate surface area is 88.7 Å². The minimum Gasteiger partial charge on any atom is -0.508 e. The van der Waals surface area contributed by atoms with Gasteiger partial charge in [-0.05, 0) is 31.0 Å². The topological polar surface area (TPSA) is 44.0 Å². The Kier molecular flexibility index (Phi) is 3.38. The monoisotopic (exact) mass is 209 g/mol. The van der Waals surface area contributed by atoms with Crippen molar-refractivity contribution in [2.75, 3.05) is 0 Å². The predicted octanol–water partition coefficient (Wildman–Crippen LogP) is 3.37. The first-order valence-electron chi connectivity index (χ1n) is 4.48. The van der Waals surface area contributed by atoms with E-state index in [1.54, 1.807) is 12.1 Å². The second kappa shape index (κ2) is 4.34. The van der Waals surface area contributed by atoms with Crippen LogP contribution in [-0.2, 0) is 0 Å². The number of hydrogen-bond donors (Lipinski definition) is 1. The molecular weight excluding hydrogens is 198 g/mol. The van der Waals surface area contributed by atoms with Crippen LogP contribution in [0.25, 0.3) is 0 Å². The van der Waals surface area contributed by atoms with Crippen LogP contribution in [0.15, 0.2) is 12.1 Å². The van der Waals surface area contributed by atoms with Crippen molar-refractivity contribution in [3.8, 4) is 11.8 Å². The average Bonchev–Trinajstić information content (AvgIpc) is 2.15. The van der Waals surface area contributed by atoms with Gasteiger partial charge in [0.25, 0.3) is 0 Å². The zero-order valence-electron chi connectivity index (χ0n) is 8.21. The number of phenolic OH excluding ortho intramolecular Hbond substituents is 1. The van der Waals surface area contributed by atoms with E-state index in [0.717, 1.165) is 5.56 Å². The number of aromatic hydroxyl groups is 1. The third-order valence-electron chi connectivity index (χ3n) is 2.25. The number of halogens is 1. The van der Waals surface area contributed by atoms with Gasteiger partial charge in [0.1, 0.15) is 5.75 Å². The van der Waals surface area contributed by atoms with Crippen LogP contribution in [0.1, 0.15) is 30.4 Å². The van der Waals surface area contributed by atoms with Gasteiger partial charge in [-0.15, -0.1) is 0 Å². The molecular formula is C11H12ClNO. The van der Waals surface area contributed by atoms with Crippen molar-refractivity contribution in [2.45, 2.75) is 26.2 Å². The van der Waals surface area contributed by atoms with E-state index < -0.39 is 0 Å². The zero-order valence-corrected chi connectivity index (χ0v) is 8.97. The van der Waals surface area contributed by atoms with Gasteiger partial charge in [-0.2, -0.15) is 5.26 Å². The maximum absolute atomic E-state index is 9.64. The van der Waals surface area contributed by atoms with Crippen molar-refractivity contribution in [1.29, 1.82) is 5.26 Å². The fourth-order valence-corrected chi connectivity index (χ4v) is 1.51. The van der Waals surface area contributed by atoms with E-state index in [4.69, 9.17) is 16.9 Å². The molecule has 0 amide bonds. The Hall–Kier alpha value is -1.20. The predicted molar refractivity (Wildman–Crippen MR) is 56.5 cm³/mol. The van der Waals surface area contributed by atoms with Gasteiger partial charge >= 0.3 is 0 Å². The lowest BCUT2D eigenvalue weighted by molar-refractivity contribution is 0.464. The van der Waals surface area contributed by atoms with Crippen molar-refractivity contribution < 1.29 is 5.11 Å². The summed E-state index contributed by atoms with van der Waals surface area (Å²) in [6.45, 7) is 3.72. The molecule has 1 N–H and O–H groups in total. The average molecular weight is 210 g/mol. The van der Waals surface area contributed by atoms with E-state index in [2.05, 4.69) is 6.07 Å². The van der Waals surface area contributed by atoms with E-state index in [0.29, 0.717) is 17.0 Å². The maximum Gasteiger partial charge on any atom is 0.120 e. The molecule has 0 saturated carbocycles. The summed E-state index contributed by atoms with van der Waals surface area (Å²) in [5.41, 5.74) is 1.44. The number of nitriles is 1. The summed E-state index contributed by atoms with van der Waals surface area (Å²) in [6.07, 6.45) is 0.670. The smallest absolute Gasteiger partial charge is 0.120 e. The minimum absolute atomic E-state index is 0.153. The SMILES string of the molecule is CCC(C#N)c1cc(Cl)c(C)cc1O. The summed E-state index contributed by atoms with van der Waals surface area (Å²) in [5.74, 6) is -0.131. The van der Waals surface area contributed by atoms with Crippen molar-refractivity contribution >= 4 is 11.6 Å². The molecule has 0 aromatic heterocycles. The van der Waals surface area contributed by atoms with Crippen LogP contribution in [0.3, 0.4) is 0 Å². The molecule has 1 aromatic rings. The van der Waals surface area contributed by atoms with Crippen molar-refractivity contribution in [3.63, 3.8) is 0 Å². The van der Waals surface area contributed by atoms with Crippen LogP contribution in [0.2, 0.25) is 5.02 Å². The molecule has 3 heteroatoms. The maximum atomic E-state index is 9.64. The molecule has 0 bridgehead atoms. The minimum atomic E-state index is -0.284. The second-order valence-electron chi connectivity index (χ2n) is 3.25. The Bertz CT molecular complexity index is 382. The summed E-state index contributed by atoms with van der Waals surface area (Å²) in [5, 5.41) is 19.1. The van der Waals surface area contributed by atoms with Crippen LogP contribution in [-0.4, -0.2) is 5.11 Å². The van der Waals surface area contributed by atoms with Gasteiger partial charge in [0, 0.05) is 10.6 Å². The van der Waals surface area contributed by atoms with Crippen LogP contribution < -0.4 is 0 Å². The van der Waals surface area contributed by atoms with E-state index in [9.17, 15) is 5.11 Å². The van der Waals surface area contributed by atoms with Crippen LogP contribution in [0.5, 0.6) is 5.75 Å². The Morgan fingerprint density at radius 3 is 2.71 bits per heavy atom. The first kappa shape index (κ1) is 10.9. The lowest BCUT2D eigenvalue weighted by atomic mass is 9.96. The highest BCUT2D eigenvalue weighted by Crippen LogP contribution is 2.32. The van der Waals surface area contributed by atoms with Gasteiger partial charge in [0.05, 0.1) is 12.0 Å². The molecule has 14 heavy (non-hydrogen) atoms. The highest BCUT2D eigenvalue weighted by atomic mass is 35.5. The molecule has 0 fully saturated rings.